The average molecular weight is 276 g/mol. The van der Waals surface area contributed by atoms with E-state index >= 15 is 0 Å². The van der Waals surface area contributed by atoms with Crippen molar-refractivity contribution in [3.8, 4) is 0 Å². The smallest absolute Gasteiger partial charge is 0.337 e. The lowest BCUT2D eigenvalue weighted by Crippen LogP contribution is -2.49. The SMILES string of the molecule is COC(=O)c1ccc(CNC(=O)CC2(N)CCC2)cc1. The van der Waals surface area contributed by atoms with Crippen molar-refractivity contribution in [2.45, 2.75) is 37.8 Å². The lowest BCUT2D eigenvalue weighted by Gasteiger charge is -2.37. The Kier molecular flexibility index (Phi) is 4.39. The van der Waals surface area contributed by atoms with E-state index in [4.69, 9.17) is 5.73 Å². The highest BCUT2D eigenvalue weighted by atomic mass is 16.5. The van der Waals surface area contributed by atoms with Gasteiger partial charge in [-0.15, -0.1) is 0 Å². The highest BCUT2D eigenvalue weighted by Crippen LogP contribution is 2.31. The Hall–Kier alpha value is -1.88. The molecule has 0 unspecified atom stereocenters. The number of nitrogens with one attached hydrogen (secondary N) is 1. The number of rotatable bonds is 5. The van der Waals surface area contributed by atoms with E-state index in [9.17, 15) is 9.59 Å². The quantitative estimate of drug-likeness (QED) is 0.796. The first-order valence-electron chi connectivity index (χ1n) is 6.75. The summed E-state index contributed by atoms with van der Waals surface area (Å²) in [6.45, 7) is 0.441. The molecule has 0 bridgehead atoms. The summed E-state index contributed by atoms with van der Waals surface area (Å²) in [5.41, 5.74) is 7.17. The summed E-state index contributed by atoms with van der Waals surface area (Å²) in [6, 6.07) is 6.97. The zero-order valence-corrected chi connectivity index (χ0v) is 11.6. The molecule has 1 amide bonds. The molecule has 5 nitrogen and oxygen atoms in total. The molecule has 0 aliphatic heterocycles. The standard InChI is InChI=1S/C15H20N2O3/c1-20-14(19)12-5-3-11(4-6-12)10-17-13(18)9-15(16)7-2-8-15/h3-6H,2,7-10,16H2,1H3,(H,17,18). The van der Waals surface area contributed by atoms with Crippen molar-refractivity contribution in [2.24, 2.45) is 5.73 Å². The first kappa shape index (κ1) is 14.5. The molecular weight excluding hydrogens is 256 g/mol. The molecule has 20 heavy (non-hydrogen) atoms. The Bertz CT molecular complexity index is 492. The Morgan fingerprint density at radius 2 is 1.95 bits per heavy atom. The molecule has 1 aliphatic carbocycles. The van der Waals surface area contributed by atoms with Gasteiger partial charge in [0.25, 0.3) is 0 Å². The van der Waals surface area contributed by atoms with E-state index in [1.807, 2.05) is 0 Å². The lowest BCUT2D eigenvalue weighted by molar-refractivity contribution is -0.123. The fourth-order valence-corrected chi connectivity index (χ4v) is 2.27. The van der Waals surface area contributed by atoms with Gasteiger partial charge in [-0.1, -0.05) is 12.1 Å². The molecule has 1 aromatic carbocycles. The van der Waals surface area contributed by atoms with E-state index < -0.39 is 0 Å². The average Bonchev–Trinajstić information content (AvgIpc) is 2.43. The fourth-order valence-electron chi connectivity index (χ4n) is 2.27. The molecule has 108 valence electrons. The number of ether oxygens (including phenoxy) is 1. The van der Waals surface area contributed by atoms with Crippen molar-refractivity contribution in [3.63, 3.8) is 0 Å². The molecule has 1 aliphatic rings. The summed E-state index contributed by atoms with van der Waals surface area (Å²) in [5, 5.41) is 2.85. The molecule has 0 radical (unpaired) electrons. The molecule has 0 atom stereocenters. The van der Waals surface area contributed by atoms with Gasteiger partial charge in [0.05, 0.1) is 12.7 Å². The third kappa shape index (κ3) is 3.57. The topological polar surface area (TPSA) is 81.4 Å². The molecule has 1 saturated carbocycles. The van der Waals surface area contributed by atoms with E-state index in [1.165, 1.54) is 7.11 Å². The van der Waals surface area contributed by atoms with Crippen molar-refractivity contribution < 1.29 is 14.3 Å². The van der Waals surface area contributed by atoms with Gasteiger partial charge in [0, 0.05) is 18.5 Å². The van der Waals surface area contributed by atoms with Crippen molar-refractivity contribution in [1.82, 2.24) is 5.32 Å². The van der Waals surface area contributed by atoms with Crippen molar-refractivity contribution in [3.05, 3.63) is 35.4 Å². The van der Waals surface area contributed by atoms with E-state index in [-0.39, 0.29) is 17.4 Å². The predicted octanol–water partition coefficient (Wildman–Crippen LogP) is 1.36. The summed E-state index contributed by atoms with van der Waals surface area (Å²) in [5.74, 6) is -0.389. The maximum atomic E-state index is 11.8. The second kappa shape index (κ2) is 6.05. The van der Waals surface area contributed by atoms with Crippen LogP contribution in [0.5, 0.6) is 0 Å². The second-order valence-electron chi connectivity index (χ2n) is 5.36. The molecule has 0 aromatic heterocycles. The fraction of sp³-hybridized carbons (Fsp3) is 0.467. The van der Waals surface area contributed by atoms with Gasteiger partial charge >= 0.3 is 5.97 Å². The van der Waals surface area contributed by atoms with Gasteiger partial charge in [-0.3, -0.25) is 4.79 Å². The first-order chi connectivity index (χ1) is 9.52. The van der Waals surface area contributed by atoms with Gasteiger partial charge in [0.2, 0.25) is 5.91 Å². The van der Waals surface area contributed by atoms with Gasteiger partial charge in [-0.2, -0.15) is 0 Å². The number of hydrogen-bond acceptors (Lipinski definition) is 4. The highest BCUT2D eigenvalue weighted by Gasteiger charge is 2.34. The lowest BCUT2D eigenvalue weighted by atomic mass is 9.75. The summed E-state index contributed by atoms with van der Waals surface area (Å²) in [7, 11) is 1.35. The van der Waals surface area contributed by atoms with Crippen LogP contribution in [0, 0.1) is 0 Å². The number of esters is 1. The number of hydrogen-bond donors (Lipinski definition) is 2. The number of carbonyl (C=O) groups is 2. The summed E-state index contributed by atoms with van der Waals surface area (Å²) in [6.07, 6.45) is 3.34. The first-order valence-corrected chi connectivity index (χ1v) is 6.75. The molecular formula is C15H20N2O3. The van der Waals surface area contributed by atoms with Crippen LogP contribution in [-0.2, 0) is 16.1 Å². The minimum Gasteiger partial charge on any atom is -0.465 e. The number of carbonyl (C=O) groups excluding carboxylic acids is 2. The minimum absolute atomic E-state index is 0.0238. The van der Waals surface area contributed by atoms with E-state index in [0.29, 0.717) is 18.5 Å². The van der Waals surface area contributed by atoms with Crippen LogP contribution in [0.4, 0.5) is 0 Å². The van der Waals surface area contributed by atoms with E-state index in [2.05, 4.69) is 10.1 Å². The Morgan fingerprint density at radius 1 is 1.30 bits per heavy atom. The van der Waals surface area contributed by atoms with Crippen LogP contribution in [0.15, 0.2) is 24.3 Å². The van der Waals surface area contributed by atoms with Crippen LogP contribution in [0.2, 0.25) is 0 Å². The summed E-state index contributed by atoms with van der Waals surface area (Å²) >= 11 is 0. The molecule has 0 heterocycles. The summed E-state index contributed by atoms with van der Waals surface area (Å²) < 4.78 is 4.63. The summed E-state index contributed by atoms with van der Waals surface area (Å²) in [4.78, 5) is 23.1. The minimum atomic E-state index is -0.365. The van der Waals surface area contributed by atoms with Crippen LogP contribution < -0.4 is 11.1 Å². The second-order valence-corrected chi connectivity index (χ2v) is 5.36. The number of benzene rings is 1. The van der Waals surface area contributed by atoms with Gasteiger partial charge in [0.1, 0.15) is 0 Å². The van der Waals surface area contributed by atoms with Gasteiger partial charge in [-0.05, 0) is 37.0 Å². The zero-order chi connectivity index (χ0) is 14.6. The third-order valence-electron chi connectivity index (χ3n) is 3.73. The van der Waals surface area contributed by atoms with Crippen molar-refractivity contribution in [1.29, 1.82) is 0 Å². The Morgan fingerprint density at radius 3 is 2.45 bits per heavy atom. The monoisotopic (exact) mass is 276 g/mol. The number of nitrogens with two attached hydrogens (primary N) is 1. The van der Waals surface area contributed by atoms with Crippen LogP contribution in [0.1, 0.15) is 41.6 Å². The molecule has 0 saturated heterocycles. The van der Waals surface area contributed by atoms with Crippen LogP contribution in [0.3, 0.4) is 0 Å². The molecule has 1 aromatic rings. The van der Waals surface area contributed by atoms with Gasteiger partial charge in [0.15, 0.2) is 0 Å². The van der Waals surface area contributed by atoms with Crippen LogP contribution >= 0.6 is 0 Å². The van der Waals surface area contributed by atoms with Crippen LogP contribution in [-0.4, -0.2) is 24.5 Å². The molecule has 5 heteroatoms. The number of amides is 1. The molecule has 2 rings (SSSR count). The highest BCUT2D eigenvalue weighted by molar-refractivity contribution is 5.89. The largest absolute Gasteiger partial charge is 0.465 e. The predicted molar refractivity (Wildman–Crippen MR) is 75.0 cm³/mol. The van der Waals surface area contributed by atoms with E-state index in [0.717, 1.165) is 24.8 Å². The van der Waals surface area contributed by atoms with Gasteiger partial charge < -0.3 is 15.8 Å². The van der Waals surface area contributed by atoms with Crippen LogP contribution in [0.25, 0.3) is 0 Å². The molecule has 0 spiro atoms. The van der Waals surface area contributed by atoms with Crippen molar-refractivity contribution >= 4 is 11.9 Å². The normalized spacial score (nSPS) is 16.1. The molecule has 1 fully saturated rings. The Balaban J connectivity index is 1.81. The third-order valence-corrected chi connectivity index (χ3v) is 3.73. The van der Waals surface area contributed by atoms with Crippen molar-refractivity contribution in [2.75, 3.05) is 7.11 Å². The maximum Gasteiger partial charge on any atom is 0.337 e. The Labute approximate surface area is 118 Å². The van der Waals surface area contributed by atoms with E-state index in [1.54, 1.807) is 24.3 Å². The zero-order valence-electron chi connectivity index (χ0n) is 11.6. The molecule has 3 N–H and O–H groups in total. The van der Waals surface area contributed by atoms with Gasteiger partial charge in [-0.25, -0.2) is 4.79 Å². The maximum absolute atomic E-state index is 11.8. The number of methoxy groups -OCH3 is 1.